The molecule has 0 unspecified atom stereocenters. The molecule has 0 aromatic heterocycles. The maximum absolute atomic E-state index is 9.91. The monoisotopic (exact) mass is 281 g/mol. The van der Waals surface area contributed by atoms with Gasteiger partial charge in [-0.25, -0.2) is 0 Å². The number of aliphatic hydroxyl groups is 3. The Balaban J connectivity index is 1.84. The molecule has 0 amide bonds. The number of aliphatic hydroxyl groups excluding tert-OH is 3. The molecule has 1 aliphatic heterocycles. The van der Waals surface area contributed by atoms with Crippen LogP contribution in [0.4, 0.5) is 0 Å². The average molecular weight is 281 g/mol. The molecule has 1 saturated heterocycles. The molecule has 0 spiro atoms. The van der Waals surface area contributed by atoms with Gasteiger partial charge in [0.1, 0.15) is 12.4 Å². The largest absolute Gasteiger partial charge is 0.491 e. The van der Waals surface area contributed by atoms with Gasteiger partial charge in [-0.15, -0.1) is 0 Å². The van der Waals surface area contributed by atoms with Crippen molar-refractivity contribution in [2.24, 2.45) is 5.92 Å². The predicted molar refractivity (Wildman–Crippen MR) is 75.5 cm³/mol. The van der Waals surface area contributed by atoms with E-state index in [2.05, 4.69) is 4.90 Å². The first-order chi connectivity index (χ1) is 9.72. The van der Waals surface area contributed by atoms with Crippen LogP contribution in [-0.4, -0.2) is 59.2 Å². The number of benzene rings is 1. The van der Waals surface area contributed by atoms with Gasteiger partial charge in [-0.3, -0.25) is 4.90 Å². The lowest BCUT2D eigenvalue weighted by Gasteiger charge is -2.35. The third kappa shape index (κ3) is 4.18. The molecule has 1 heterocycles. The number of β-amino-alcohol motifs (C(OH)–C–C–N with tert-alkyl or cyclic N) is 1. The number of nitrogens with zero attached hydrogens (tertiary/aromatic N) is 1. The van der Waals surface area contributed by atoms with Gasteiger partial charge in [-0.05, 0) is 30.7 Å². The Morgan fingerprint density at radius 1 is 1.20 bits per heavy atom. The van der Waals surface area contributed by atoms with Gasteiger partial charge in [0.2, 0.25) is 0 Å². The lowest BCUT2D eigenvalue weighted by molar-refractivity contribution is -0.00444. The number of ether oxygens (including phenoxy) is 1. The van der Waals surface area contributed by atoms with Crippen LogP contribution in [0.2, 0.25) is 0 Å². The molecule has 0 bridgehead atoms. The quantitative estimate of drug-likeness (QED) is 0.696. The van der Waals surface area contributed by atoms with E-state index in [1.54, 1.807) is 0 Å². The molecule has 20 heavy (non-hydrogen) atoms. The molecule has 1 aliphatic rings. The molecular weight excluding hydrogens is 258 g/mol. The molecule has 1 fully saturated rings. The van der Waals surface area contributed by atoms with Crippen LogP contribution in [0.1, 0.15) is 12.0 Å². The second-order valence-corrected chi connectivity index (χ2v) is 5.25. The van der Waals surface area contributed by atoms with Gasteiger partial charge < -0.3 is 20.1 Å². The van der Waals surface area contributed by atoms with Crippen molar-refractivity contribution in [2.75, 3.05) is 32.9 Å². The van der Waals surface area contributed by atoms with Crippen LogP contribution in [0.3, 0.4) is 0 Å². The SMILES string of the molecule is OCCOc1ccc(CN2CC[C@H](CO)[C@H](O)C2)cc1. The van der Waals surface area contributed by atoms with E-state index >= 15 is 0 Å². The Labute approximate surface area is 119 Å². The van der Waals surface area contributed by atoms with Crippen molar-refractivity contribution < 1.29 is 20.1 Å². The van der Waals surface area contributed by atoms with E-state index < -0.39 is 6.10 Å². The molecule has 0 radical (unpaired) electrons. The van der Waals surface area contributed by atoms with Crippen molar-refractivity contribution in [1.29, 1.82) is 0 Å². The van der Waals surface area contributed by atoms with E-state index in [9.17, 15) is 5.11 Å². The second-order valence-electron chi connectivity index (χ2n) is 5.25. The van der Waals surface area contributed by atoms with Crippen molar-refractivity contribution >= 4 is 0 Å². The Kier molecular flexibility index (Phi) is 5.79. The maximum Gasteiger partial charge on any atom is 0.119 e. The van der Waals surface area contributed by atoms with Gasteiger partial charge >= 0.3 is 0 Å². The Morgan fingerprint density at radius 2 is 1.95 bits per heavy atom. The second kappa shape index (κ2) is 7.59. The number of likely N-dealkylation sites (tertiary alicyclic amines) is 1. The van der Waals surface area contributed by atoms with Crippen LogP contribution >= 0.6 is 0 Å². The molecule has 1 aromatic carbocycles. The molecule has 1 aromatic rings. The molecule has 112 valence electrons. The van der Waals surface area contributed by atoms with E-state index in [0.29, 0.717) is 13.2 Å². The van der Waals surface area contributed by atoms with Gasteiger partial charge in [-0.2, -0.15) is 0 Å². The molecule has 0 aliphatic carbocycles. The molecule has 3 N–H and O–H groups in total. The fourth-order valence-corrected chi connectivity index (χ4v) is 2.52. The fraction of sp³-hybridized carbons (Fsp3) is 0.600. The Bertz CT molecular complexity index is 395. The normalized spacial score (nSPS) is 23.8. The zero-order valence-electron chi connectivity index (χ0n) is 11.6. The molecule has 0 saturated carbocycles. The zero-order valence-corrected chi connectivity index (χ0v) is 11.6. The maximum atomic E-state index is 9.91. The van der Waals surface area contributed by atoms with Crippen LogP contribution in [-0.2, 0) is 6.54 Å². The van der Waals surface area contributed by atoms with Gasteiger partial charge in [0.05, 0.1) is 12.7 Å². The van der Waals surface area contributed by atoms with Crippen LogP contribution in [0.25, 0.3) is 0 Å². The summed E-state index contributed by atoms with van der Waals surface area (Å²) in [4.78, 5) is 2.19. The van der Waals surface area contributed by atoms with E-state index in [-0.39, 0.29) is 19.1 Å². The average Bonchev–Trinajstić information content (AvgIpc) is 2.47. The highest BCUT2D eigenvalue weighted by molar-refractivity contribution is 5.27. The molecule has 5 nitrogen and oxygen atoms in total. The topological polar surface area (TPSA) is 73.2 Å². The molecule has 5 heteroatoms. The lowest BCUT2D eigenvalue weighted by atomic mass is 9.94. The first-order valence-corrected chi connectivity index (χ1v) is 7.07. The van der Waals surface area contributed by atoms with Gasteiger partial charge in [0, 0.05) is 25.6 Å². The van der Waals surface area contributed by atoms with Crippen LogP contribution < -0.4 is 4.74 Å². The molecule has 2 atom stereocenters. The van der Waals surface area contributed by atoms with Crippen molar-refractivity contribution in [2.45, 2.75) is 19.1 Å². The predicted octanol–water partition coefficient (Wildman–Crippen LogP) is 0.233. The van der Waals surface area contributed by atoms with Gasteiger partial charge in [0.15, 0.2) is 0 Å². The summed E-state index contributed by atoms with van der Waals surface area (Å²) in [6, 6.07) is 7.78. The highest BCUT2D eigenvalue weighted by atomic mass is 16.5. The Hall–Kier alpha value is -1.14. The van der Waals surface area contributed by atoms with Crippen molar-refractivity contribution in [1.82, 2.24) is 4.90 Å². The number of piperidine rings is 1. The van der Waals surface area contributed by atoms with Crippen LogP contribution in [0.15, 0.2) is 24.3 Å². The van der Waals surface area contributed by atoms with E-state index in [1.165, 1.54) is 0 Å². The molecular formula is C15H23NO4. The summed E-state index contributed by atoms with van der Waals surface area (Å²) in [5.41, 5.74) is 1.16. The highest BCUT2D eigenvalue weighted by Crippen LogP contribution is 2.20. The van der Waals surface area contributed by atoms with Crippen molar-refractivity contribution in [3.8, 4) is 5.75 Å². The summed E-state index contributed by atoms with van der Waals surface area (Å²) in [7, 11) is 0. The first kappa shape index (κ1) is 15.3. The summed E-state index contributed by atoms with van der Waals surface area (Å²) in [5.74, 6) is 0.766. The fourth-order valence-electron chi connectivity index (χ4n) is 2.52. The minimum atomic E-state index is -0.444. The van der Waals surface area contributed by atoms with E-state index in [1.807, 2.05) is 24.3 Å². The van der Waals surface area contributed by atoms with Crippen molar-refractivity contribution in [3.63, 3.8) is 0 Å². The summed E-state index contributed by atoms with van der Waals surface area (Å²) in [6.45, 7) is 2.67. The van der Waals surface area contributed by atoms with Crippen LogP contribution in [0, 0.1) is 5.92 Å². The van der Waals surface area contributed by atoms with Crippen molar-refractivity contribution in [3.05, 3.63) is 29.8 Å². The number of hydrogen-bond donors (Lipinski definition) is 3. The minimum Gasteiger partial charge on any atom is -0.491 e. The number of rotatable bonds is 6. The summed E-state index contributed by atoms with van der Waals surface area (Å²) in [5, 5.41) is 27.7. The molecule has 2 rings (SSSR count). The minimum absolute atomic E-state index is 0.0133. The Morgan fingerprint density at radius 3 is 2.55 bits per heavy atom. The summed E-state index contributed by atoms with van der Waals surface area (Å²) >= 11 is 0. The van der Waals surface area contributed by atoms with E-state index in [0.717, 1.165) is 30.8 Å². The summed E-state index contributed by atoms with van der Waals surface area (Å²) < 4.78 is 5.31. The van der Waals surface area contributed by atoms with Gasteiger partial charge in [0.25, 0.3) is 0 Å². The number of hydrogen-bond acceptors (Lipinski definition) is 5. The lowest BCUT2D eigenvalue weighted by Crippen LogP contribution is -2.44. The smallest absolute Gasteiger partial charge is 0.119 e. The first-order valence-electron chi connectivity index (χ1n) is 7.07. The standard InChI is InChI=1S/C15H23NO4/c17-7-8-20-14-3-1-12(2-4-14)9-16-6-5-13(11-18)15(19)10-16/h1-4,13,15,17-19H,5-11H2/t13-,15-/m1/s1. The summed E-state index contributed by atoms with van der Waals surface area (Å²) in [6.07, 6.45) is 0.385. The van der Waals surface area contributed by atoms with Crippen LogP contribution in [0.5, 0.6) is 5.75 Å². The third-order valence-electron chi connectivity index (χ3n) is 3.73. The van der Waals surface area contributed by atoms with Gasteiger partial charge in [-0.1, -0.05) is 12.1 Å². The highest BCUT2D eigenvalue weighted by Gasteiger charge is 2.26. The third-order valence-corrected chi connectivity index (χ3v) is 3.73. The van der Waals surface area contributed by atoms with E-state index in [4.69, 9.17) is 14.9 Å². The zero-order chi connectivity index (χ0) is 14.4.